The predicted octanol–water partition coefficient (Wildman–Crippen LogP) is 6.51. The lowest BCUT2D eigenvalue weighted by atomic mass is 9.33. The van der Waals surface area contributed by atoms with Gasteiger partial charge in [0.2, 0.25) is 0 Å². The summed E-state index contributed by atoms with van der Waals surface area (Å²) < 4.78 is 11.2. The van der Waals surface area contributed by atoms with Gasteiger partial charge in [-0.25, -0.2) is 0 Å². The molecule has 0 aromatic rings. The van der Waals surface area contributed by atoms with Crippen LogP contribution in [0.25, 0.3) is 0 Å². The summed E-state index contributed by atoms with van der Waals surface area (Å²) in [5.41, 5.74) is 0.953. The Labute approximate surface area is 231 Å². The van der Waals surface area contributed by atoms with Gasteiger partial charge in [-0.05, 0) is 116 Å². The molecule has 216 valence electrons. The summed E-state index contributed by atoms with van der Waals surface area (Å²) in [6.45, 7) is 17.1. The highest BCUT2D eigenvalue weighted by Crippen LogP contribution is 2.75. The maximum absolute atomic E-state index is 13.8. The molecule has 0 aromatic carbocycles. The smallest absolute Gasteiger partial charge is 0.314 e. The Bertz CT molecular complexity index is 961. The van der Waals surface area contributed by atoms with Crippen LogP contribution < -0.4 is 0 Å². The van der Waals surface area contributed by atoms with E-state index in [9.17, 15) is 15.0 Å². The van der Waals surface area contributed by atoms with E-state index in [2.05, 4.69) is 47.6 Å². The van der Waals surface area contributed by atoms with Crippen molar-refractivity contribution in [3.8, 4) is 0 Å². The van der Waals surface area contributed by atoms with Crippen LogP contribution >= 0.6 is 0 Å². The van der Waals surface area contributed by atoms with E-state index in [1.54, 1.807) is 0 Å². The van der Waals surface area contributed by atoms with Crippen molar-refractivity contribution < 1.29 is 24.5 Å². The number of carbonyl (C=O) groups is 1. The van der Waals surface area contributed by atoms with E-state index >= 15 is 0 Å². The highest BCUT2D eigenvalue weighted by Gasteiger charge is 2.69. The van der Waals surface area contributed by atoms with E-state index in [1.807, 2.05) is 6.92 Å². The first kappa shape index (κ1) is 28.6. The Balaban J connectivity index is 1.56. The molecule has 5 heteroatoms. The number of aliphatic hydroxyl groups excluding tert-OH is 2. The third kappa shape index (κ3) is 3.76. The highest BCUT2D eigenvalue weighted by molar-refractivity contribution is 5.78. The Morgan fingerprint density at radius 1 is 1.03 bits per heavy atom. The summed E-state index contributed by atoms with van der Waals surface area (Å²) in [5, 5.41) is 21.5. The van der Waals surface area contributed by atoms with Gasteiger partial charge >= 0.3 is 5.97 Å². The van der Waals surface area contributed by atoms with Crippen LogP contribution in [0.5, 0.6) is 0 Å². The van der Waals surface area contributed by atoms with Crippen molar-refractivity contribution in [1.82, 2.24) is 0 Å². The summed E-state index contributed by atoms with van der Waals surface area (Å²) >= 11 is 0. The molecule has 0 spiro atoms. The molecule has 5 nitrogen and oxygen atoms in total. The average Bonchev–Trinajstić information content (AvgIpc) is 2.86. The van der Waals surface area contributed by atoms with Crippen LogP contribution in [0.1, 0.15) is 106 Å². The fourth-order valence-electron chi connectivity index (χ4n) is 11.4. The zero-order valence-electron chi connectivity index (χ0n) is 25.1. The lowest BCUT2D eigenvalue weighted by Gasteiger charge is -2.71. The lowest BCUT2D eigenvalue weighted by Crippen LogP contribution is -2.65. The second kappa shape index (κ2) is 9.58. The molecule has 0 heterocycles. The van der Waals surface area contributed by atoms with Crippen molar-refractivity contribution in [2.24, 2.45) is 56.7 Å². The van der Waals surface area contributed by atoms with Gasteiger partial charge in [-0.3, -0.25) is 4.79 Å². The largest absolute Gasteiger partial charge is 0.438 e. The fourth-order valence-corrected chi connectivity index (χ4v) is 11.4. The molecule has 0 amide bonds. The number of hydrogen-bond acceptors (Lipinski definition) is 5. The van der Waals surface area contributed by atoms with Gasteiger partial charge in [-0.1, -0.05) is 53.2 Å². The summed E-state index contributed by atoms with van der Waals surface area (Å²) in [4.78, 5) is 13.8. The van der Waals surface area contributed by atoms with Gasteiger partial charge in [0.15, 0.2) is 6.79 Å². The zero-order valence-corrected chi connectivity index (χ0v) is 25.1. The molecule has 2 unspecified atom stereocenters. The number of carbonyl (C=O) groups excluding carboxylic acids is 1. The van der Waals surface area contributed by atoms with Crippen molar-refractivity contribution in [3.63, 3.8) is 0 Å². The van der Waals surface area contributed by atoms with E-state index in [1.165, 1.54) is 5.57 Å². The minimum atomic E-state index is -0.449. The number of hydrogen-bond donors (Lipinski definition) is 2. The molecule has 0 aliphatic heterocycles. The van der Waals surface area contributed by atoms with Crippen LogP contribution in [-0.4, -0.2) is 42.3 Å². The van der Waals surface area contributed by atoms with Gasteiger partial charge < -0.3 is 19.7 Å². The number of ether oxygens (including phenoxy) is 2. The van der Waals surface area contributed by atoms with Crippen LogP contribution in [0.3, 0.4) is 0 Å². The topological polar surface area (TPSA) is 76.0 Å². The molecule has 0 aromatic heterocycles. The molecule has 5 rings (SSSR count). The first-order chi connectivity index (χ1) is 17.8. The molecule has 0 bridgehead atoms. The van der Waals surface area contributed by atoms with Gasteiger partial charge in [-0.15, -0.1) is 0 Å². The van der Waals surface area contributed by atoms with Crippen LogP contribution in [0.15, 0.2) is 11.6 Å². The predicted molar refractivity (Wildman–Crippen MR) is 149 cm³/mol. The number of fused-ring (bicyclic) bond motifs is 7. The normalized spacial score (nSPS) is 52.1. The van der Waals surface area contributed by atoms with E-state index in [4.69, 9.17) is 9.47 Å². The average molecular weight is 531 g/mol. The van der Waals surface area contributed by atoms with Gasteiger partial charge in [-0.2, -0.15) is 0 Å². The highest BCUT2D eigenvalue weighted by atomic mass is 16.7. The summed E-state index contributed by atoms with van der Waals surface area (Å²) in [5.74, 6) is 2.04. The maximum Gasteiger partial charge on any atom is 0.314 e. The third-order valence-corrected chi connectivity index (χ3v) is 13.7. The minimum Gasteiger partial charge on any atom is -0.438 e. The number of allylic oxidation sites excluding steroid dienone is 2. The quantitative estimate of drug-likeness (QED) is 0.183. The van der Waals surface area contributed by atoms with Crippen molar-refractivity contribution in [2.45, 2.75) is 112 Å². The van der Waals surface area contributed by atoms with Crippen LogP contribution in [-0.2, 0) is 14.3 Å². The van der Waals surface area contributed by atoms with Gasteiger partial charge in [0, 0.05) is 13.2 Å². The van der Waals surface area contributed by atoms with Gasteiger partial charge in [0.05, 0.1) is 11.5 Å². The molecule has 0 radical (unpaired) electrons. The monoisotopic (exact) mass is 530 g/mol. The Morgan fingerprint density at radius 2 is 1.76 bits per heavy atom. The SMILES string of the molecule is CCOCOC(=O)[C@]12CC[C@@H](C)[C@H](C)[C@H]1C1=CC[C@@H]3[C@@]4(C)C[C@H](O)CC(C)(CO)C4CC[C@@]3(C)[C@]1(C)CC2. The summed E-state index contributed by atoms with van der Waals surface area (Å²) in [6, 6.07) is 0. The summed E-state index contributed by atoms with van der Waals surface area (Å²) in [7, 11) is 0. The number of aliphatic hydroxyl groups is 2. The van der Waals surface area contributed by atoms with Crippen molar-refractivity contribution in [2.75, 3.05) is 20.0 Å². The zero-order chi connectivity index (χ0) is 27.7. The number of rotatable bonds is 5. The van der Waals surface area contributed by atoms with E-state index in [0.29, 0.717) is 36.7 Å². The molecule has 11 atom stereocenters. The molecule has 0 saturated heterocycles. The van der Waals surface area contributed by atoms with E-state index in [-0.39, 0.29) is 53.1 Å². The molecule has 5 aliphatic rings. The second-order valence-corrected chi connectivity index (χ2v) is 15.2. The van der Waals surface area contributed by atoms with Crippen LogP contribution in [0, 0.1) is 56.7 Å². The third-order valence-electron chi connectivity index (χ3n) is 13.7. The van der Waals surface area contributed by atoms with Crippen molar-refractivity contribution in [1.29, 1.82) is 0 Å². The second-order valence-electron chi connectivity index (χ2n) is 15.2. The van der Waals surface area contributed by atoms with Crippen molar-refractivity contribution in [3.05, 3.63) is 11.6 Å². The molecule has 5 aliphatic carbocycles. The maximum atomic E-state index is 13.8. The Morgan fingerprint density at radius 3 is 2.45 bits per heavy atom. The molecule has 4 saturated carbocycles. The van der Waals surface area contributed by atoms with Gasteiger partial charge in [0.25, 0.3) is 0 Å². The first-order valence-electron chi connectivity index (χ1n) is 15.6. The number of esters is 1. The van der Waals surface area contributed by atoms with Crippen LogP contribution in [0.2, 0.25) is 0 Å². The minimum absolute atomic E-state index is 0.0103. The molecular formula is C33H54O5. The Kier molecular flexibility index (Phi) is 7.22. The van der Waals surface area contributed by atoms with E-state index in [0.717, 1.165) is 51.4 Å². The molecule has 38 heavy (non-hydrogen) atoms. The molecular weight excluding hydrogens is 476 g/mol. The molecule has 4 fully saturated rings. The van der Waals surface area contributed by atoms with E-state index < -0.39 is 5.41 Å². The lowest BCUT2D eigenvalue weighted by molar-refractivity contribution is -0.212. The van der Waals surface area contributed by atoms with Crippen LogP contribution in [0.4, 0.5) is 0 Å². The van der Waals surface area contributed by atoms with Gasteiger partial charge in [0.1, 0.15) is 0 Å². The summed E-state index contributed by atoms with van der Waals surface area (Å²) in [6.07, 6.45) is 10.9. The Hall–Kier alpha value is -0.910. The molecule has 2 N–H and O–H groups in total. The first-order valence-corrected chi connectivity index (χ1v) is 15.6. The fraction of sp³-hybridized carbons (Fsp3) is 0.909. The van der Waals surface area contributed by atoms with Crippen molar-refractivity contribution >= 4 is 5.97 Å². The standard InChI is InChI=1S/C33H54O5/c1-8-37-20-38-28(36)33-14-11-21(2)22(3)27(33)24-9-10-26-30(5)18-23(35)17-29(4,19-34)25(30)12-13-32(26,7)31(24,6)15-16-33/h9,21-23,25-27,34-35H,8,10-20H2,1-7H3/t21-,22+,23-,25?,26-,27+,29?,30+,31-,32-,33+/m1/s1.